The summed E-state index contributed by atoms with van der Waals surface area (Å²) in [5.41, 5.74) is 1.28. The number of rotatable bonds is 5. The van der Waals surface area contributed by atoms with Gasteiger partial charge in [0.15, 0.2) is 0 Å². The van der Waals surface area contributed by atoms with Crippen molar-refractivity contribution in [2.24, 2.45) is 5.92 Å². The van der Waals surface area contributed by atoms with Crippen molar-refractivity contribution in [2.45, 2.75) is 24.3 Å². The zero-order valence-corrected chi connectivity index (χ0v) is 17.9. The fraction of sp³-hybridized carbons (Fsp3) is 0.455. The average molecular weight is 429 g/mol. The number of piperidine rings is 1. The molecule has 8 heteroatoms. The van der Waals surface area contributed by atoms with E-state index in [1.54, 1.807) is 18.3 Å². The third kappa shape index (κ3) is 4.71. The van der Waals surface area contributed by atoms with Crippen LogP contribution in [0.2, 0.25) is 0 Å². The minimum absolute atomic E-state index is 0.0837. The molecule has 2 fully saturated rings. The number of carbonyl (C=O) groups excluding carboxylic acids is 1. The van der Waals surface area contributed by atoms with Crippen LogP contribution in [0.3, 0.4) is 0 Å². The van der Waals surface area contributed by atoms with E-state index in [-0.39, 0.29) is 23.3 Å². The van der Waals surface area contributed by atoms with Crippen LogP contribution in [0.4, 0.5) is 0 Å². The van der Waals surface area contributed by atoms with E-state index < -0.39 is 10.0 Å². The number of pyridine rings is 1. The second kappa shape index (κ2) is 9.24. The first-order chi connectivity index (χ1) is 14.5. The Kier molecular flexibility index (Phi) is 6.46. The van der Waals surface area contributed by atoms with Crippen molar-refractivity contribution in [2.75, 3.05) is 39.3 Å². The quantitative estimate of drug-likeness (QED) is 0.726. The topological polar surface area (TPSA) is 73.8 Å². The number of carbonyl (C=O) groups is 1. The molecule has 0 bridgehead atoms. The first-order valence-corrected chi connectivity index (χ1v) is 11.9. The van der Waals surface area contributed by atoms with Gasteiger partial charge in [0.25, 0.3) is 0 Å². The summed E-state index contributed by atoms with van der Waals surface area (Å²) in [7, 11) is -3.61. The van der Waals surface area contributed by atoms with Gasteiger partial charge in [0.1, 0.15) is 4.90 Å². The van der Waals surface area contributed by atoms with Gasteiger partial charge in [-0.25, -0.2) is 8.42 Å². The Bertz CT molecular complexity index is 945. The van der Waals surface area contributed by atoms with E-state index in [9.17, 15) is 13.2 Å². The SMILES string of the molecule is O=C(C1CCCN(S(=O)(=O)c2cccnc2)C1)N1CCN(Cc2ccccc2)CC1. The minimum Gasteiger partial charge on any atom is -0.340 e. The lowest BCUT2D eigenvalue weighted by molar-refractivity contribution is -0.138. The number of hydrogen-bond donors (Lipinski definition) is 0. The predicted octanol–water partition coefficient (Wildman–Crippen LogP) is 1.83. The molecule has 2 aliphatic rings. The molecular weight excluding hydrogens is 400 g/mol. The summed E-state index contributed by atoms with van der Waals surface area (Å²) in [4.78, 5) is 21.5. The number of benzene rings is 1. The van der Waals surface area contributed by atoms with Gasteiger partial charge in [0.05, 0.1) is 5.92 Å². The second-order valence-electron chi connectivity index (χ2n) is 7.98. The summed E-state index contributed by atoms with van der Waals surface area (Å²) in [6.45, 7) is 4.65. The predicted molar refractivity (Wildman–Crippen MR) is 114 cm³/mol. The summed E-state index contributed by atoms with van der Waals surface area (Å²) < 4.78 is 27.3. The van der Waals surface area contributed by atoms with Crippen LogP contribution in [0.5, 0.6) is 0 Å². The van der Waals surface area contributed by atoms with E-state index in [0.717, 1.165) is 26.1 Å². The lowest BCUT2D eigenvalue weighted by atomic mass is 9.97. The van der Waals surface area contributed by atoms with E-state index in [1.807, 2.05) is 23.1 Å². The smallest absolute Gasteiger partial charge is 0.244 e. The van der Waals surface area contributed by atoms with E-state index >= 15 is 0 Å². The molecule has 160 valence electrons. The summed E-state index contributed by atoms with van der Waals surface area (Å²) in [5, 5.41) is 0. The molecule has 2 aromatic rings. The molecule has 0 spiro atoms. The van der Waals surface area contributed by atoms with Crippen molar-refractivity contribution < 1.29 is 13.2 Å². The van der Waals surface area contributed by atoms with E-state index in [2.05, 4.69) is 22.0 Å². The molecule has 0 saturated carbocycles. The summed E-state index contributed by atoms with van der Waals surface area (Å²) in [6.07, 6.45) is 4.36. The Morgan fingerprint density at radius 3 is 2.47 bits per heavy atom. The Morgan fingerprint density at radius 2 is 1.77 bits per heavy atom. The summed E-state index contributed by atoms with van der Waals surface area (Å²) in [6, 6.07) is 13.5. The van der Waals surface area contributed by atoms with Crippen LogP contribution in [-0.4, -0.2) is 72.7 Å². The number of sulfonamides is 1. The molecule has 0 N–H and O–H groups in total. The average Bonchev–Trinajstić information content (AvgIpc) is 2.80. The fourth-order valence-electron chi connectivity index (χ4n) is 4.24. The van der Waals surface area contributed by atoms with E-state index in [1.165, 1.54) is 16.1 Å². The Balaban J connectivity index is 1.34. The lowest BCUT2D eigenvalue weighted by Crippen LogP contribution is -2.52. The van der Waals surface area contributed by atoms with E-state index in [4.69, 9.17) is 0 Å². The molecule has 0 radical (unpaired) electrons. The number of nitrogens with zero attached hydrogens (tertiary/aromatic N) is 4. The molecule has 1 unspecified atom stereocenters. The first-order valence-electron chi connectivity index (χ1n) is 10.5. The molecule has 1 aromatic carbocycles. The Hall–Kier alpha value is -2.29. The van der Waals surface area contributed by atoms with Crippen LogP contribution in [0.25, 0.3) is 0 Å². The maximum atomic E-state index is 13.1. The van der Waals surface area contributed by atoms with Crippen LogP contribution >= 0.6 is 0 Å². The summed E-state index contributed by atoms with van der Waals surface area (Å²) >= 11 is 0. The van der Waals surface area contributed by atoms with Crippen molar-refractivity contribution in [1.82, 2.24) is 19.1 Å². The molecule has 2 aliphatic heterocycles. The van der Waals surface area contributed by atoms with Crippen molar-refractivity contribution in [3.8, 4) is 0 Å². The van der Waals surface area contributed by atoms with Gasteiger partial charge >= 0.3 is 0 Å². The van der Waals surface area contributed by atoms with Crippen molar-refractivity contribution in [1.29, 1.82) is 0 Å². The van der Waals surface area contributed by atoms with Crippen LogP contribution in [-0.2, 0) is 21.4 Å². The van der Waals surface area contributed by atoms with Gasteiger partial charge in [-0.2, -0.15) is 4.31 Å². The Morgan fingerprint density at radius 1 is 1.00 bits per heavy atom. The number of hydrogen-bond acceptors (Lipinski definition) is 5. The zero-order chi connectivity index (χ0) is 21.0. The monoisotopic (exact) mass is 428 g/mol. The standard InChI is InChI=1S/C22H28N4O3S/c27-22(25-14-12-24(13-15-25)17-19-6-2-1-3-7-19)20-8-5-11-26(18-20)30(28,29)21-9-4-10-23-16-21/h1-4,6-7,9-10,16,20H,5,8,11-15,17-18H2. The largest absolute Gasteiger partial charge is 0.340 e. The highest BCUT2D eigenvalue weighted by atomic mass is 32.2. The molecule has 1 aromatic heterocycles. The Labute approximate surface area is 178 Å². The van der Waals surface area contributed by atoms with Gasteiger partial charge in [-0.05, 0) is 30.5 Å². The minimum atomic E-state index is -3.61. The highest BCUT2D eigenvalue weighted by Gasteiger charge is 2.35. The maximum Gasteiger partial charge on any atom is 0.244 e. The van der Waals surface area contributed by atoms with Crippen molar-refractivity contribution in [3.63, 3.8) is 0 Å². The van der Waals surface area contributed by atoms with Gasteiger partial charge in [-0.15, -0.1) is 0 Å². The van der Waals surface area contributed by atoms with Gasteiger partial charge in [-0.1, -0.05) is 30.3 Å². The van der Waals surface area contributed by atoms with Gasteiger partial charge in [0, 0.05) is 58.2 Å². The molecule has 4 rings (SSSR count). The highest BCUT2D eigenvalue weighted by molar-refractivity contribution is 7.89. The molecule has 30 heavy (non-hydrogen) atoms. The van der Waals surface area contributed by atoms with Crippen LogP contribution < -0.4 is 0 Å². The molecule has 0 aliphatic carbocycles. The van der Waals surface area contributed by atoms with Crippen LogP contribution in [0, 0.1) is 5.92 Å². The van der Waals surface area contributed by atoms with E-state index in [0.29, 0.717) is 26.1 Å². The fourth-order valence-corrected chi connectivity index (χ4v) is 5.73. The van der Waals surface area contributed by atoms with Crippen LogP contribution in [0.1, 0.15) is 18.4 Å². The first kappa shape index (κ1) is 21.0. The molecule has 1 atom stereocenters. The molecule has 2 saturated heterocycles. The molecule has 3 heterocycles. The third-order valence-corrected chi connectivity index (χ3v) is 7.79. The molecular formula is C22H28N4O3S. The van der Waals surface area contributed by atoms with Gasteiger partial charge in [-0.3, -0.25) is 14.7 Å². The van der Waals surface area contributed by atoms with Crippen LogP contribution in [0.15, 0.2) is 59.8 Å². The van der Waals surface area contributed by atoms with Gasteiger partial charge < -0.3 is 4.90 Å². The third-order valence-electron chi connectivity index (χ3n) is 5.94. The number of amides is 1. The molecule has 7 nitrogen and oxygen atoms in total. The van der Waals surface area contributed by atoms with Crippen molar-refractivity contribution >= 4 is 15.9 Å². The lowest BCUT2D eigenvalue weighted by Gasteiger charge is -2.38. The zero-order valence-electron chi connectivity index (χ0n) is 17.1. The second-order valence-corrected chi connectivity index (χ2v) is 9.92. The number of piperazine rings is 1. The van der Waals surface area contributed by atoms with Crippen molar-refractivity contribution in [3.05, 3.63) is 60.4 Å². The van der Waals surface area contributed by atoms with Gasteiger partial charge in [0.2, 0.25) is 15.9 Å². The maximum absolute atomic E-state index is 13.1. The number of aromatic nitrogens is 1. The highest BCUT2D eigenvalue weighted by Crippen LogP contribution is 2.25. The molecule has 1 amide bonds. The normalized spacial score (nSPS) is 21.5. The summed E-state index contributed by atoms with van der Waals surface area (Å²) in [5.74, 6) is -0.189.